The lowest BCUT2D eigenvalue weighted by Crippen LogP contribution is -2.21. The zero-order valence-electron chi connectivity index (χ0n) is 20.6. The van der Waals surface area contributed by atoms with Crippen LogP contribution in [0.4, 0.5) is 27.5 Å². The third kappa shape index (κ3) is 6.89. The SMILES string of the molecule is CC(Nc1ccccc1NC(=O)Nc1ccc(C(=N)N)cc1)c1ccc(C(=O)Nc2cccc(Cl)c2)cc1. The number of para-hydroxylation sites is 2. The Morgan fingerprint density at radius 2 is 1.42 bits per heavy atom. The molecule has 9 heteroatoms. The standard InChI is InChI=1S/C29H27ClN6O2/c1-18(19-9-11-21(12-10-19)28(37)34-24-6-4-5-22(30)17-24)33-25-7-2-3-8-26(25)36-29(38)35-23-15-13-20(14-16-23)27(31)32/h2-18,33H,1H3,(H3,31,32)(H,34,37)(H2,35,36,38). The minimum absolute atomic E-state index is 0.0365. The van der Waals surface area contributed by atoms with Crippen LogP contribution >= 0.6 is 11.6 Å². The van der Waals surface area contributed by atoms with E-state index < -0.39 is 6.03 Å². The fourth-order valence-electron chi connectivity index (χ4n) is 3.75. The molecule has 38 heavy (non-hydrogen) atoms. The van der Waals surface area contributed by atoms with Gasteiger partial charge in [-0.3, -0.25) is 10.2 Å². The molecule has 1 unspecified atom stereocenters. The summed E-state index contributed by atoms with van der Waals surface area (Å²) >= 11 is 5.99. The number of anilines is 4. The predicted molar refractivity (Wildman–Crippen MR) is 154 cm³/mol. The van der Waals surface area contributed by atoms with Crippen LogP contribution in [0.3, 0.4) is 0 Å². The summed E-state index contributed by atoms with van der Waals surface area (Å²) in [6.45, 7) is 1.99. The highest BCUT2D eigenvalue weighted by Gasteiger charge is 2.12. The Hall–Kier alpha value is -4.82. The summed E-state index contributed by atoms with van der Waals surface area (Å²) in [6.07, 6.45) is 0. The molecular weight excluding hydrogens is 500 g/mol. The molecule has 8 nitrogen and oxygen atoms in total. The molecule has 1 atom stereocenters. The average Bonchev–Trinajstić information content (AvgIpc) is 2.90. The van der Waals surface area contributed by atoms with Gasteiger partial charge < -0.3 is 27.0 Å². The summed E-state index contributed by atoms with van der Waals surface area (Å²) in [5.74, 6) is -0.263. The first-order valence-corrected chi connectivity index (χ1v) is 12.2. The van der Waals surface area contributed by atoms with E-state index >= 15 is 0 Å². The van der Waals surface area contributed by atoms with Crippen molar-refractivity contribution in [3.63, 3.8) is 0 Å². The molecule has 4 aromatic rings. The van der Waals surface area contributed by atoms with Crippen molar-refractivity contribution in [1.29, 1.82) is 5.41 Å². The highest BCUT2D eigenvalue weighted by Crippen LogP contribution is 2.27. The number of benzene rings is 4. The number of rotatable bonds is 8. The molecule has 0 aliphatic heterocycles. The zero-order valence-corrected chi connectivity index (χ0v) is 21.3. The van der Waals surface area contributed by atoms with Crippen molar-refractivity contribution in [3.8, 4) is 0 Å². The molecule has 0 bridgehead atoms. The second-order valence-electron chi connectivity index (χ2n) is 8.57. The first-order valence-electron chi connectivity index (χ1n) is 11.8. The molecule has 0 aromatic heterocycles. The number of carbonyl (C=O) groups is 2. The van der Waals surface area contributed by atoms with Crippen LogP contribution in [0.1, 0.15) is 34.5 Å². The van der Waals surface area contributed by atoms with Crippen LogP contribution in [0.25, 0.3) is 0 Å². The molecular formula is C29H27ClN6O2. The van der Waals surface area contributed by atoms with Crippen molar-refractivity contribution in [2.75, 3.05) is 21.3 Å². The summed E-state index contributed by atoms with van der Waals surface area (Å²) in [6, 6.07) is 27.9. The highest BCUT2D eigenvalue weighted by atomic mass is 35.5. The number of amidine groups is 1. The van der Waals surface area contributed by atoms with Gasteiger partial charge in [0.2, 0.25) is 0 Å². The van der Waals surface area contributed by atoms with Crippen LogP contribution in [0.5, 0.6) is 0 Å². The van der Waals surface area contributed by atoms with Gasteiger partial charge in [-0.25, -0.2) is 4.79 Å². The van der Waals surface area contributed by atoms with Crippen LogP contribution in [0.2, 0.25) is 5.02 Å². The van der Waals surface area contributed by atoms with E-state index in [4.69, 9.17) is 22.7 Å². The van der Waals surface area contributed by atoms with Crippen molar-refractivity contribution in [2.45, 2.75) is 13.0 Å². The number of nitrogen functional groups attached to an aromatic ring is 1. The number of hydrogen-bond donors (Lipinski definition) is 6. The van der Waals surface area contributed by atoms with E-state index in [-0.39, 0.29) is 17.8 Å². The lowest BCUT2D eigenvalue weighted by atomic mass is 10.0. The fourth-order valence-corrected chi connectivity index (χ4v) is 3.94. The van der Waals surface area contributed by atoms with Crippen LogP contribution < -0.4 is 27.0 Å². The predicted octanol–water partition coefficient (Wildman–Crippen LogP) is 6.69. The summed E-state index contributed by atoms with van der Waals surface area (Å²) in [5, 5.41) is 19.9. The van der Waals surface area contributed by atoms with E-state index in [1.165, 1.54) is 0 Å². The van der Waals surface area contributed by atoms with Gasteiger partial charge in [0, 0.05) is 33.6 Å². The molecule has 3 amide bonds. The summed E-state index contributed by atoms with van der Waals surface area (Å²) in [4.78, 5) is 25.2. The van der Waals surface area contributed by atoms with Crippen molar-refractivity contribution in [3.05, 3.63) is 119 Å². The normalized spacial score (nSPS) is 11.2. The van der Waals surface area contributed by atoms with E-state index in [0.717, 1.165) is 11.3 Å². The Kier molecular flexibility index (Phi) is 8.25. The van der Waals surface area contributed by atoms with Crippen molar-refractivity contribution < 1.29 is 9.59 Å². The number of nitrogens with one attached hydrogen (secondary N) is 5. The van der Waals surface area contributed by atoms with Gasteiger partial charge in [-0.1, -0.05) is 41.9 Å². The Morgan fingerprint density at radius 1 is 0.763 bits per heavy atom. The van der Waals surface area contributed by atoms with Gasteiger partial charge in [-0.2, -0.15) is 0 Å². The Morgan fingerprint density at radius 3 is 2.08 bits per heavy atom. The molecule has 0 fully saturated rings. The molecule has 4 aromatic carbocycles. The summed E-state index contributed by atoms with van der Waals surface area (Å²) < 4.78 is 0. The molecule has 0 saturated carbocycles. The smallest absolute Gasteiger partial charge is 0.323 e. The molecule has 0 spiro atoms. The van der Waals surface area contributed by atoms with Gasteiger partial charge in [0.05, 0.1) is 11.4 Å². The molecule has 0 aliphatic rings. The molecule has 4 rings (SSSR count). The monoisotopic (exact) mass is 526 g/mol. The van der Waals surface area contributed by atoms with E-state index in [1.807, 2.05) is 37.3 Å². The van der Waals surface area contributed by atoms with E-state index in [1.54, 1.807) is 66.7 Å². The summed E-state index contributed by atoms with van der Waals surface area (Å²) in [5.41, 5.74) is 10.1. The van der Waals surface area contributed by atoms with E-state index in [2.05, 4.69) is 21.3 Å². The maximum atomic E-state index is 12.6. The fraction of sp³-hybridized carbons (Fsp3) is 0.0690. The quantitative estimate of drug-likeness (QED) is 0.113. The van der Waals surface area contributed by atoms with Crippen molar-refractivity contribution >= 4 is 52.1 Å². The lowest BCUT2D eigenvalue weighted by molar-refractivity contribution is 0.102. The van der Waals surface area contributed by atoms with Crippen LogP contribution in [-0.2, 0) is 0 Å². The largest absolute Gasteiger partial charge is 0.384 e. The Balaban J connectivity index is 1.38. The lowest BCUT2D eigenvalue weighted by Gasteiger charge is -2.19. The van der Waals surface area contributed by atoms with Crippen LogP contribution in [-0.4, -0.2) is 17.8 Å². The number of hydrogen-bond acceptors (Lipinski definition) is 4. The second-order valence-corrected chi connectivity index (χ2v) is 9.00. The van der Waals surface area contributed by atoms with Gasteiger partial charge in [-0.15, -0.1) is 0 Å². The van der Waals surface area contributed by atoms with Gasteiger partial charge in [-0.05, 0) is 79.2 Å². The first-order chi connectivity index (χ1) is 18.3. The molecule has 0 heterocycles. The maximum absolute atomic E-state index is 12.6. The van der Waals surface area contributed by atoms with Crippen LogP contribution in [0.15, 0.2) is 97.1 Å². The van der Waals surface area contributed by atoms with Crippen molar-refractivity contribution in [1.82, 2.24) is 0 Å². The Labute approximate surface area is 225 Å². The minimum atomic E-state index is -0.405. The van der Waals surface area contributed by atoms with Crippen LogP contribution in [0, 0.1) is 5.41 Å². The molecule has 0 saturated heterocycles. The highest BCUT2D eigenvalue weighted by molar-refractivity contribution is 6.31. The molecule has 0 aliphatic carbocycles. The van der Waals surface area contributed by atoms with Crippen molar-refractivity contribution in [2.24, 2.45) is 5.73 Å². The number of amides is 3. The van der Waals surface area contributed by atoms with Gasteiger partial charge >= 0.3 is 6.03 Å². The first kappa shape index (κ1) is 26.2. The Bertz CT molecular complexity index is 1450. The van der Waals surface area contributed by atoms with E-state index in [9.17, 15) is 9.59 Å². The number of urea groups is 1. The topological polar surface area (TPSA) is 132 Å². The third-order valence-corrected chi connectivity index (χ3v) is 5.99. The third-order valence-electron chi connectivity index (χ3n) is 5.76. The second kappa shape index (κ2) is 11.9. The summed E-state index contributed by atoms with van der Waals surface area (Å²) in [7, 11) is 0. The minimum Gasteiger partial charge on any atom is -0.384 e. The zero-order chi connectivity index (χ0) is 27.1. The maximum Gasteiger partial charge on any atom is 0.323 e. The van der Waals surface area contributed by atoms with Gasteiger partial charge in [0.1, 0.15) is 5.84 Å². The molecule has 7 N–H and O–H groups in total. The number of halogens is 1. The number of nitrogens with two attached hydrogens (primary N) is 1. The van der Waals surface area contributed by atoms with E-state index in [0.29, 0.717) is 33.2 Å². The average molecular weight is 527 g/mol. The van der Waals surface area contributed by atoms with Gasteiger partial charge in [0.25, 0.3) is 5.91 Å². The van der Waals surface area contributed by atoms with Gasteiger partial charge in [0.15, 0.2) is 0 Å². The molecule has 192 valence electrons. The number of carbonyl (C=O) groups excluding carboxylic acids is 2. The molecule has 0 radical (unpaired) electrons.